The number of hydrogen-bond acceptors (Lipinski definition) is 6. The molecule has 3 aromatic heterocycles. The number of pyridine rings is 1. The molecule has 1 saturated carbocycles. The van der Waals surface area contributed by atoms with Gasteiger partial charge in [-0.25, -0.2) is 9.67 Å². The van der Waals surface area contributed by atoms with Crippen LogP contribution in [0.5, 0.6) is 0 Å². The summed E-state index contributed by atoms with van der Waals surface area (Å²) in [6, 6.07) is 6.35. The summed E-state index contributed by atoms with van der Waals surface area (Å²) < 4.78 is 3.89. The monoisotopic (exact) mass is 287 g/mol. The maximum absolute atomic E-state index is 5.87. The van der Waals surface area contributed by atoms with E-state index in [0.29, 0.717) is 12.6 Å². The van der Waals surface area contributed by atoms with Crippen LogP contribution in [0.2, 0.25) is 0 Å². The first kappa shape index (κ1) is 11.9. The normalized spacial score (nSPS) is 15.1. The lowest BCUT2D eigenvalue weighted by Crippen LogP contribution is -2.03. The topological polar surface area (TPSA) is 86.9 Å². The molecule has 3 aromatic rings. The van der Waals surface area contributed by atoms with Gasteiger partial charge in [-0.1, -0.05) is 6.07 Å². The average Bonchev–Trinajstić information content (AvgIpc) is 3.10. The van der Waals surface area contributed by atoms with Gasteiger partial charge in [0.25, 0.3) is 0 Å². The highest BCUT2D eigenvalue weighted by molar-refractivity contribution is 7.99. The molecule has 2 N–H and O–H groups in total. The zero-order valence-electron chi connectivity index (χ0n) is 10.7. The smallest absolute Gasteiger partial charge is 0.215 e. The van der Waals surface area contributed by atoms with Crippen LogP contribution in [0.4, 0.5) is 0 Å². The number of tetrazole rings is 1. The predicted octanol–water partition coefficient (Wildman–Crippen LogP) is 1.27. The molecule has 0 saturated heterocycles. The standard InChI is InChI=1S/C12H13N7S/c13-7-9-11(14-10-3-1-2-6-18(9)10)20-12-15-16-17-19(12)8-4-5-8/h1-3,6,8H,4-5,7,13H2. The summed E-state index contributed by atoms with van der Waals surface area (Å²) >= 11 is 1.48. The number of aromatic nitrogens is 6. The second-order valence-corrected chi connectivity index (χ2v) is 5.69. The minimum atomic E-state index is 0.429. The molecule has 0 amide bonds. The van der Waals surface area contributed by atoms with Gasteiger partial charge >= 0.3 is 0 Å². The molecule has 8 heteroatoms. The third kappa shape index (κ3) is 1.88. The van der Waals surface area contributed by atoms with Crippen molar-refractivity contribution in [1.29, 1.82) is 0 Å². The summed E-state index contributed by atoms with van der Waals surface area (Å²) in [5, 5.41) is 13.6. The van der Waals surface area contributed by atoms with Gasteiger partial charge in [0.05, 0.1) is 11.7 Å². The molecule has 0 unspecified atom stereocenters. The van der Waals surface area contributed by atoms with Crippen LogP contribution >= 0.6 is 11.8 Å². The third-order valence-corrected chi connectivity index (χ3v) is 4.30. The molecular weight excluding hydrogens is 274 g/mol. The third-order valence-electron chi connectivity index (χ3n) is 3.33. The van der Waals surface area contributed by atoms with E-state index in [9.17, 15) is 0 Å². The van der Waals surface area contributed by atoms with Crippen LogP contribution < -0.4 is 5.73 Å². The van der Waals surface area contributed by atoms with Crippen molar-refractivity contribution >= 4 is 17.4 Å². The van der Waals surface area contributed by atoms with E-state index in [1.165, 1.54) is 11.8 Å². The lowest BCUT2D eigenvalue weighted by atomic mass is 10.4. The summed E-state index contributed by atoms with van der Waals surface area (Å²) in [6.45, 7) is 0.429. The Labute approximate surface area is 119 Å². The lowest BCUT2D eigenvalue weighted by molar-refractivity contribution is 0.565. The van der Waals surface area contributed by atoms with Crippen molar-refractivity contribution in [3.63, 3.8) is 0 Å². The van der Waals surface area contributed by atoms with Gasteiger partial charge in [-0.05, 0) is 47.2 Å². The molecule has 0 radical (unpaired) electrons. The Balaban J connectivity index is 1.76. The summed E-state index contributed by atoms with van der Waals surface area (Å²) in [7, 11) is 0. The van der Waals surface area contributed by atoms with Crippen LogP contribution in [0, 0.1) is 0 Å². The van der Waals surface area contributed by atoms with Gasteiger partial charge in [0.1, 0.15) is 10.7 Å². The largest absolute Gasteiger partial charge is 0.325 e. The Hall–Kier alpha value is -1.93. The SMILES string of the molecule is NCc1c(Sc2nnnn2C2CC2)nc2ccccn12. The van der Waals surface area contributed by atoms with Gasteiger partial charge in [0.15, 0.2) is 0 Å². The van der Waals surface area contributed by atoms with E-state index in [1.807, 2.05) is 33.5 Å². The zero-order chi connectivity index (χ0) is 13.5. The fourth-order valence-corrected chi connectivity index (χ4v) is 3.15. The van der Waals surface area contributed by atoms with Crippen molar-refractivity contribution in [3.05, 3.63) is 30.1 Å². The molecular formula is C12H13N7S. The fourth-order valence-electron chi connectivity index (χ4n) is 2.18. The molecule has 7 nitrogen and oxygen atoms in total. The van der Waals surface area contributed by atoms with Gasteiger partial charge in [-0.15, -0.1) is 5.10 Å². The van der Waals surface area contributed by atoms with Crippen LogP contribution in [0.15, 0.2) is 34.6 Å². The summed E-state index contributed by atoms with van der Waals surface area (Å²) in [5.41, 5.74) is 7.74. The first-order valence-electron chi connectivity index (χ1n) is 6.48. The molecule has 1 fully saturated rings. The van der Waals surface area contributed by atoms with E-state index in [2.05, 4.69) is 20.5 Å². The molecule has 1 aliphatic carbocycles. The minimum absolute atomic E-state index is 0.429. The number of nitrogens with zero attached hydrogens (tertiary/aromatic N) is 6. The second kappa shape index (κ2) is 4.57. The second-order valence-electron chi connectivity index (χ2n) is 4.74. The van der Waals surface area contributed by atoms with Gasteiger partial charge in [-0.2, -0.15) is 0 Å². The van der Waals surface area contributed by atoms with Crippen LogP contribution in [0.3, 0.4) is 0 Å². The van der Waals surface area contributed by atoms with Crippen LogP contribution in [-0.2, 0) is 6.54 Å². The molecule has 0 atom stereocenters. The highest BCUT2D eigenvalue weighted by Crippen LogP contribution is 2.38. The number of imidazole rings is 1. The minimum Gasteiger partial charge on any atom is -0.325 e. The van der Waals surface area contributed by atoms with E-state index in [1.54, 1.807) is 0 Å². The number of hydrogen-bond donors (Lipinski definition) is 1. The van der Waals surface area contributed by atoms with Crippen molar-refractivity contribution in [2.45, 2.75) is 35.6 Å². The van der Waals surface area contributed by atoms with Gasteiger partial charge in [-0.3, -0.25) is 0 Å². The first-order valence-corrected chi connectivity index (χ1v) is 7.30. The summed E-state index contributed by atoms with van der Waals surface area (Å²) in [6.07, 6.45) is 4.26. The van der Waals surface area contributed by atoms with Crippen LogP contribution in [-0.4, -0.2) is 29.6 Å². The maximum Gasteiger partial charge on any atom is 0.215 e. The zero-order valence-corrected chi connectivity index (χ0v) is 11.5. The Kier molecular flexibility index (Phi) is 2.71. The van der Waals surface area contributed by atoms with Crippen molar-refractivity contribution in [2.75, 3.05) is 0 Å². The number of fused-ring (bicyclic) bond motifs is 1. The van der Waals surface area contributed by atoms with E-state index in [0.717, 1.165) is 34.4 Å². The first-order chi connectivity index (χ1) is 9.86. The van der Waals surface area contributed by atoms with E-state index in [-0.39, 0.29) is 0 Å². The van der Waals surface area contributed by atoms with E-state index >= 15 is 0 Å². The Morgan fingerprint density at radius 1 is 1.35 bits per heavy atom. The summed E-state index contributed by atoms with van der Waals surface area (Å²) in [5.74, 6) is 0. The maximum atomic E-state index is 5.87. The molecule has 0 aliphatic heterocycles. The van der Waals surface area contributed by atoms with E-state index < -0.39 is 0 Å². The van der Waals surface area contributed by atoms with Crippen molar-refractivity contribution in [2.24, 2.45) is 5.73 Å². The average molecular weight is 287 g/mol. The molecule has 0 aromatic carbocycles. The molecule has 4 rings (SSSR count). The van der Waals surface area contributed by atoms with Gasteiger partial charge in [0, 0.05) is 12.7 Å². The molecule has 0 spiro atoms. The molecule has 3 heterocycles. The van der Waals surface area contributed by atoms with Crippen LogP contribution in [0.25, 0.3) is 5.65 Å². The Morgan fingerprint density at radius 3 is 3.05 bits per heavy atom. The molecule has 20 heavy (non-hydrogen) atoms. The van der Waals surface area contributed by atoms with Crippen LogP contribution in [0.1, 0.15) is 24.6 Å². The fraction of sp³-hybridized carbons (Fsp3) is 0.333. The molecule has 0 bridgehead atoms. The summed E-state index contributed by atoms with van der Waals surface area (Å²) in [4.78, 5) is 4.62. The van der Waals surface area contributed by atoms with E-state index in [4.69, 9.17) is 5.73 Å². The quantitative estimate of drug-likeness (QED) is 0.777. The van der Waals surface area contributed by atoms with Crippen molar-refractivity contribution in [3.8, 4) is 0 Å². The Bertz CT molecular complexity index is 758. The van der Waals surface area contributed by atoms with Crippen molar-refractivity contribution in [1.82, 2.24) is 29.6 Å². The van der Waals surface area contributed by atoms with Gasteiger partial charge < -0.3 is 10.1 Å². The van der Waals surface area contributed by atoms with Gasteiger partial charge in [0.2, 0.25) is 5.16 Å². The molecule has 102 valence electrons. The molecule has 1 aliphatic rings. The highest BCUT2D eigenvalue weighted by atomic mass is 32.2. The lowest BCUT2D eigenvalue weighted by Gasteiger charge is -2.02. The number of rotatable bonds is 4. The predicted molar refractivity (Wildman–Crippen MR) is 73.3 cm³/mol. The Morgan fingerprint density at radius 2 is 2.25 bits per heavy atom. The highest BCUT2D eigenvalue weighted by Gasteiger charge is 2.28. The van der Waals surface area contributed by atoms with Crippen molar-refractivity contribution < 1.29 is 0 Å². The number of nitrogens with two attached hydrogens (primary N) is 1.